The second-order valence-corrected chi connectivity index (χ2v) is 3.14. The molecule has 0 aliphatic rings. The first-order chi connectivity index (χ1) is 6.69. The van der Waals surface area contributed by atoms with Gasteiger partial charge in [0.2, 0.25) is 0 Å². The highest BCUT2D eigenvalue weighted by Crippen LogP contribution is 2.16. The minimum Gasteiger partial charge on any atom is -0.207 e. The third-order valence-corrected chi connectivity index (χ3v) is 2.06. The fraction of sp³-hybridized carbons (Fsp3) is 0.364. The van der Waals surface area contributed by atoms with Crippen molar-refractivity contribution in [3.05, 3.63) is 34.9 Å². The molecular weight excluding hydrogens is 184 g/mol. The van der Waals surface area contributed by atoms with Crippen molar-refractivity contribution >= 4 is 0 Å². The topological polar surface area (TPSA) is 23.8 Å². The van der Waals surface area contributed by atoms with Crippen LogP contribution in [0.4, 0.5) is 8.78 Å². The SMILES string of the molecule is CCCCc1cc(F)c(C#N)cc1F. The monoisotopic (exact) mass is 195 g/mol. The van der Waals surface area contributed by atoms with Gasteiger partial charge in [-0.25, -0.2) is 8.78 Å². The van der Waals surface area contributed by atoms with Crippen molar-refractivity contribution in [3.63, 3.8) is 0 Å². The van der Waals surface area contributed by atoms with E-state index in [0.29, 0.717) is 12.0 Å². The second kappa shape index (κ2) is 4.71. The minimum absolute atomic E-state index is 0.234. The van der Waals surface area contributed by atoms with Crippen LogP contribution in [0.1, 0.15) is 30.9 Å². The summed E-state index contributed by atoms with van der Waals surface area (Å²) >= 11 is 0. The van der Waals surface area contributed by atoms with Crippen molar-refractivity contribution in [1.29, 1.82) is 5.26 Å². The highest BCUT2D eigenvalue weighted by Gasteiger charge is 2.08. The van der Waals surface area contributed by atoms with Crippen LogP contribution in [-0.4, -0.2) is 0 Å². The van der Waals surface area contributed by atoms with Crippen molar-refractivity contribution < 1.29 is 8.78 Å². The molecule has 0 aliphatic carbocycles. The van der Waals surface area contributed by atoms with Gasteiger partial charge in [-0.3, -0.25) is 0 Å². The summed E-state index contributed by atoms with van der Waals surface area (Å²) in [5.74, 6) is -1.13. The van der Waals surface area contributed by atoms with Crippen molar-refractivity contribution in [2.24, 2.45) is 0 Å². The van der Waals surface area contributed by atoms with Crippen molar-refractivity contribution in [2.75, 3.05) is 0 Å². The summed E-state index contributed by atoms with van der Waals surface area (Å²) < 4.78 is 26.3. The number of nitrogens with zero attached hydrogens (tertiary/aromatic N) is 1. The lowest BCUT2D eigenvalue weighted by Gasteiger charge is -2.03. The molecule has 74 valence electrons. The molecule has 3 heteroatoms. The molecule has 0 unspecified atom stereocenters. The van der Waals surface area contributed by atoms with Crippen LogP contribution in [0.3, 0.4) is 0 Å². The van der Waals surface area contributed by atoms with Crippen LogP contribution in [0.5, 0.6) is 0 Å². The predicted molar refractivity (Wildman–Crippen MR) is 49.7 cm³/mol. The Kier molecular flexibility index (Phi) is 3.58. The van der Waals surface area contributed by atoms with Gasteiger partial charge in [-0.15, -0.1) is 0 Å². The van der Waals surface area contributed by atoms with Gasteiger partial charge < -0.3 is 0 Å². The third kappa shape index (κ3) is 2.29. The van der Waals surface area contributed by atoms with E-state index in [4.69, 9.17) is 5.26 Å². The molecule has 1 aromatic rings. The molecule has 1 nitrogen and oxygen atoms in total. The number of nitriles is 1. The largest absolute Gasteiger partial charge is 0.207 e. The van der Waals surface area contributed by atoms with E-state index in [2.05, 4.69) is 0 Å². The smallest absolute Gasteiger partial charge is 0.141 e. The molecule has 0 fully saturated rings. The van der Waals surface area contributed by atoms with E-state index in [9.17, 15) is 8.78 Å². The molecule has 0 bridgehead atoms. The molecule has 1 aromatic carbocycles. The van der Waals surface area contributed by atoms with E-state index < -0.39 is 11.6 Å². The predicted octanol–water partition coefficient (Wildman–Crippen LogP) is 3.18. The number of unbranched alkanes of at least 4 members (excludes halogenated alkanes) is 1. The summed E-state index contributed by atoms with van der Waals surface area (Å²) in [7, 11) is 0. The summed E-state index contributed by atoms with van der Waals surface area (Å²) in [6.07, 6.45) is 2.27. The first kappa shape index (κ1) is 10.6. The lowest BCUT2D eigenvalue weighted by molar-refractivity contribution is 0.577. The Hall–Kier alpha value is -1.43. The molecule has 0 spiro atoms. The van der Waals surface area contributed by atoms with Crippen LogP contribution in [0.15, 0.2) is 12.1 Å². The van der Waals surface area contributed by atoms with E-state index in [1.54, 1.807) is 6.07 Å². The standard InChI is InChI=1S/C11H11F2N/c1-2-3-4-8-5-11(13)9(7-14)6-10(8)12/h5-6H,2-4H2,1H3. The summed E-state index contributed by atoms with van der Waals surface area (Å²) in [5, 5.41) is 8.45. The van der Waals surface area contributed by atoms with E-state index >= 15 is 0 Å². The molecule has 0 atom stereocenters. The van der Waals surface area contributed by atoms with Crippen molar-refractivity contribution in [1.82, 2.24) is 0 Å². The Morgan fingerprint density at radius 3 is 2.57 bits per heavy atom. The molecule has 0 amide bonds. The first-order valence-corrected chi connectivity index (χ1v) is 4.57. The molecule has 1 rings (SSSR count). The van der Waals surface area contributed by atoms with Gasteiger partial charge in [0.1, 0.15) is 17.7 Å². The summed E-state index contributed by atoms with van der Waals surface area (Å²) in [6, 6.07) is 3.68. The molecule has 0 heterocycles. The van der Waals surface area contributed by atoms with Crippen LogP contribution < -0.4 is 0 Å². The normalized spacial score (nSPS) is 9.86. The van der Waals surface area contributed by atoms with Gasteiger partial charge in [-0.05, 0) is 30.5 Å². The van der Waals surface area contributed by atoms with Gasteiger partial charge in [-0.1, -0.05) is 13.3 Å². The van der Waals surface area contributed by atoms with Gasteiger partial charge in [0.25, 0.3) is 0 Å². The van der Waals surface area contributed by atoms with Gasteiger partial charge in [0.15, 0.2) is 0 Å². The molecular formula is C11H11F2N. The molecule has 0 saturated carbocycles. The zero-order chi connectivity index (χ0) is 10.6. The zero-order valence-electron chi connectivity index (χ0n) is 7.98. The molecule has 0 aromatic heterocycles. The van der Waals surface area contributed by atoms with Gasteiger partial charge in [-0.2, -0.15) is 5.26 Å². The number of aryl methyl sites for hydroxylation is 1. The Morgan fingerprint density at radius 2 is 2.00 bits per heavy atom. The molecule has 0 N–H and O–H groups in total. The summed E-state index contributed by atoms with van der Waals surface area (Å²) in [4.78, 5) is 0. The van der Waals surface area contributed by atoms with Gasteiger partial charge in [0, 0.05) is 0 Å². The quantitative estimate of drug-likeness (QED) is 0.726. The van der Waals surface area contributed by atoms with Crippen LogP contribution in [0, 0.1) is 23.0 Å². The number of hydrogen-bond donors (Lipinski definition) is 0. The van der Waals surface area contributed by atoms with E-state index in [1.165, 1.54) is 0 Å². The van der Waals surface area contributed by atoms with Crippen LogP contribution >= 0.6 is 0 Å². The number of halogens is 2. The third-order valence-electron chi connectivity index (χ3n) is 2.06. The van der Waals surface area contributed by atoms with Crippen LogP contribution in [0.25, 0.3) is 0 Å². The number of hydrogen-bond acceptors (Lipinski definition) is 1. The maximum Gasteiger partial charge on any atom is 0.141 e. The van der Waals surface area contributed by atoms with Crippen molar-refractivity contribution in [3.8, 4) is 6.07 Å². The summed E-state index contributed by atoms with van der Waals surface area (Å²) in [5.41, 5.74) is 0.117. The fourth-order valence-electron chi connectivity index (χ4n) is 1.23. The molecule has 0 aliphatic heterocycles. The first-order valence-electron chi connectivity index (χ1n) is 4.57. The van der Waals surface area contributed by atoms with Crippen LogP contribution in [-0.2, 0) is 6.42 Å². The minimum atomic E-state index is -0.639. The Labute approximate surface area is 82.0 Å². The lowest BCUT2D eigenvalue weighted by atomic mass is 10.1. The number of rotatable bonds is 3. The Bertz CT molecular complexity index is 366. The van der Waals surface area contributed by atoms with E-state index in [1.807, 2.05) is 6.92 Å². The molecule has 0 radical (unpaired) electrons. The average Bonchev–Trinajstić information content (AvgIpc) is 2.18. The van der Waals surface area contributed by atoms with Gasteiger partial charge >= 0.3 is 0 Å². The highest BCUT2D eigenvalue weighted by molar-refractivity contribution is 5.34. The van der Waals surface area contributed by atoms with E-state index in [0.717, 1.165) is 25.0 Å². The fourth-order valence-corrected chi connectivity index (χ4v) is 1.23. The Morgan fingerprint density at radius 1 is 1.29 bits per heavy atom. The van der Waals surface area contributed by atoms with Crippen molar-refractivity contribution in [2.45, 2.75) is 26.2 Å². The van der Waals surface area contributed by atoms with Gasteiger partial charge in [0.05, 0.1) is 5.56 Å². The van der Waals surface area contributed by atoms with E-state index in [-0.39, 0.29) is 5.56 Å². The lowest BCUT2D eigenvalue weighted by Crippen LogP contribution is -1.95. The maximum absolute atomic E-state index is 13.2. The summed E-state index contributed by atoms with van der Waals surface area (Å²) in [6.45, 7) is 1.98. The molecule has 14 heavy (non-hydrogen) atoms. The molecule has 0 saturated heterocycles. The average molecular weight is 195 g/mol. The highest BCUT2D eigenvalue weighted by atomic mass is 19.1. The second-order valence-electron chi connectivity index (χ2n) is 3.14. The zero-order valence-corrected chi connectivity index (χ0v) is 7.98. The maximum atomic E-state index is 13.2. The Balaban J connectivity index is 2.98. The van der Waals surface area contributed by atoms with Crippen LogP contribution in [0.2, 0.25) is 0 Å². The number of benzene rings is 1.